The summed E-state index contributed by atoms with van der Waals surface area (Å²) in [7, 11) is -7.23. The molecule has 98 valence electrons. The number of nitrogens with zero attached hydrogens (tertiary/aromatic N) is 1. The highest BCUT2D eigenvalue weighted by Crippen LogP contribution is 2.29. The van der Waals surface area contributed by atoms with Crippen molar-refractivity contribution in [1.29, 1.82) is 0 Å². The fourth-order valence-electron chi connectivity index (χ4n) is 1.70. The van der Waals surface area contributed by atoms with Gasteiger partial charge in [0.1, 0.15) is 14.7 Å². The third-order valence-electron chi connectivity index (χ3n) is 2.58. The van der Waals surface area contributed by atoms with Gasteiger partial charge in [0.15, 0.2) is 0 Å². The summed E-state index contributed by atoms with van der Waals surface area (Å²) in [6.45, 7) is -0.353. The van der Waals surface area contributed by atoms with E-state index in [1.54, 1.807) is 6.07 Å². The standard InChI is InChI=1S/C10H11NO5S2/c1-17(13,14)7-6-11-10(12)8-4-2-3-5-9(8)18(11,15)16/h2-5H,6-7H2,1H3. The van der Waals surface area contributed by atoms with Crippen LogP contribution in [0.5, 0.6) is 0 Å². The number of carbonyl (C=O) groups excluding carboxylic acids is 1. The van der Waals surface area contributed by atoms with E-state index in [1.807, 2.05) is 0 Å². The minimum atomic E-state index is -3.90. The first kappa shape index (κ1) is 13.0. The monoisotopic (exact) mass is 289 g/mol. The zero-order valence-corrected chi connectivity index (χ0v) is 11.2. The van der Waals surface area contributed by atoms with Crippen LogP contribution in [0.2, 0.25) is 0 Å². The highest BCUT2D eigenvalue weighted by Gasteiger charge is 2.40. The van der Waals surface area contributed by atoms with E-state index in [-0.39, 0.29) is 22.8 Å². The molecule has 0 unspecified atom stereocenters. The zero-order chi connectivity index (χ0) is 13.6. The van der Waals surface area contributed by atoms with Crippen LogP contribution in [-0.4, -0.2) is 45.6 Å². The lowest BCUT2D eigenvalue weighted by Gasteiger charge is -2.13. The average molecular weight is 289 g/mol. The fourth-order valence-corrected chi connectivity index (χ4v) is 3.90. The van der Waals surface area contributed by atoms with Crippen molar-refractivity contribution in [2.24, 2.45) is 0 Å². The van der Waals surface area contributed by atoms with E-state index < -0.39 is 25.8 Å². The van der Waals surface area contributed by atoms with Gasteiger partial charge >= 0.3 is 0 Å². The quantitative estimate of drug-likeness (QED) is 0.773. The van der Waals surface area contributed by atoms with Crippen molar-refractivity contribution < 1.29 is 21.6 Å². The predicted octanol–water partition coefficient (Wildman–Crippen LogP) is -0.124. The predicted molar refractivity (Wildman–Crippen MR) is 64.4 cm³/mol. The molecule has 0 spiro atoms. The van der Waals surface area contributed by atoms with Crippen LogP contribution < -0.4 is 0 Å². The first-order valence-corrected chi connectivity index (χ1v) is 8.57. The summed E-state index contributed by atoms with van der Waals surface area (Å²) in [5, 5.41) is 0. The van der Waals surface area contributed by atoms with Gasteiger partial charge in [0.25, 0.3) is 15.9 Å². The van der Waals surface area contributed by atoms with E-state index in [9.17, 15) is 21.6 Å². The molecular formula is C10H11NO5S2. The number of benzene rings is 1. The van der Waals surface area contributed by atoms with Crippen molar-refractivity contribution >= 4 is 25.8 Å². The van der Waals surface area contributed by atoms with E-state index in [2.05, 4.69) is 0 Å². The molecule has 0 saturated heterocycles. The molecule has 0 bridgehead atoms. The average Bonchev–Trinajstić information content (AvgIpc) is 2.45. The van der Waals surface area contributed by atoms with Crippen LogP contribution in [-0.2, 0) is 19.9 Å². The van der Waals surface area contributed by atoms with Crippen molar-refractivity contribution in [3.63, 3.8) is 0 Å². The number of amides is 1. The molecule has 0 aromatic heterocycles. The third-order valence-corrected chi connectivity index (χ3v) is 5.34. The third kappa shape index (κ3) is 2.13. The molecule has 1 aliphatic rings. The maximum atomic E-state index is 12.0. The maximum absolute atomic E-state index is 12.0. The molecule has 1 amide bonds. The van der Waals surface area contributed by atoms with Crippen molar-refractivity contribution in [2.75, 3.05) is 18.6 Å². The van der Waals surface area contributed by atoms with Crippen LogP contribution in [0.1, 0.15) is 10.4 Å². The second-order valence-electron chi connectivity index (χ2n) is 4.01. The van der Waals surface area contributed by atoms with Gasteiger partial charge < -0.3 is 0 Å². The van der Waals surface area contributed by atoms with Crippen LogP contribution in [0.3, 0.4) is 0 Å². The van der Waals surface area contributed by atoms with E-state index in [0.717, 1.165) is 6.26 Å². The normalized spacial score (nSPS) is 17.8. The van der Waals surface area contributed by atoms with Gasteiger partial charge in [-0.15, -0.1) is 0 Å². The number of rotatable bonds is 3. The Morgan fingerprint density at radius 2 is 1.83 bits per heavy atom. The second kappa shape index (κ2) is 4.06. The van der Waals surface area contributed by atoms with Gasteiger partial charge in [0.2, 0.25) is 0 Å². The number of sulfonamides is 1. The molecule has 8 heteroatoms. The van der Waals surface area contributed by atoms with E-state index in [4.69, 9.17) is 0 Å². The van der Waals surface area contributed by atoms with E-state index >= 15 is 0 Å². The fraction of sp³-hybridized carbons (Fsp3) is 0.300. The Morgan fingerprint density at radius 1 is 1.22 bits per heavy atom. The Morgan fingerprint density at radius 3 is 2.39 bits per heavy atom. The molecule has 2 rings (SSSR count). The minimum absolute atomic E-state index is 0.0662. The topological polar surface area (TPSA) is 88.6 Å². The van der Waals surface area contributed by atoms with Gasteiger partial charge in [-0.2, -0.15) is 0 Å². The Bertz CT molecular complexity index is 706. The lowest BCUT2D eigenvalue weighted by Crippen LogP contribution is -2.34. The van der Waals surface area contributed by atoms with Crippen molar-refractivity contribution in [3.8, 4) is 0 Å². The van der Waals surface area contributed by atoms with Gasteiger partial charge in [-0.05, 0) is 12.1 Å². The highest BCUT2D eigenvalue weighted by molar-refractivity contribution is 7.91. The summed E-state index contributed by atoms with van der Waals surface area (Å²) < 4.78 is 46.7. The zero-order valence-electron chi connectivity index (χ0n) is 9.53. The molecule has 1 aromatic rings. The van der Waals surface area contributed by atoms with Crippen LogP contribution in [0.25, 0.3) is 0 Å². The van der Waals surface area contributed by atoms with Gasteiger partial charge in [0, 0.05) is 6.26 Å². The van der Waals surface area contributed by atoms with Crippen LogP contribution in [0.4, 0.5) is 0 Å². The molecule has 18 heavy (non-hydrogen) atoms. The number of sulfone groups is 1. The molecule has 0 aliphatic carbocycles. The number of fused-ring (bicyclic) bond motifs is 1. The lowest BCUT2D eigenvalue weighted by atomic mass is 10.2. The molecule has 0 saturated carbocycles. The molecule has 6 nitrogen and oxygen atoms in total. The second-order valence-corrected chi connectivity index (χ2v) is 8.10. The molecule has 0 fully saturated rings. The van der Waals surface area contributed by atoms with Crippen molar-refractivity contribution in [3.05, 3.63) is 29.8 Å². The minimum Gasteiger partial charge on any atom is -0.268 e. The summed E-state index contributed by atoms with van der Waals surface area (Å²) in [5.74, 6) is -1.05. The van der Waals surface area contributed by atoms with Crippen LogP contribution in [0, 0.1) is 0 Å². The summed E-state index contributed by atoms with van der Waals surface area (Å²) in [4.78, 5) is 11.8. The number of carbonyl (C=O) groups is 1. The number of hydrogen-bond acceptors (Lipinski definition) is 5. The van der Waals surface area contributed by atoms with Gasteiger partial charge in [-0.25, -0.2) is 21.1 Å². The first-order chi connectivity index (χ1) is 8.23. The summed E-state index contributed by atoms with van der Waals surface area (Å²) in [6, 6.07) is 5.83. The lowest BCUT2D eigenvalue weighted by molar-refractivity contribution is 0.0876. The Balaban J connectivity index is 2.40. The molecule has 0 N–H and O–H groups in total. The molecule has 1 heterocycles. The first-order valence-electron chi connectivity index (χ1n) is 5.07. The van der Waals surface area contributed by atoms with Gasteiger partial charge in [-0.1, -0.05) is 12.1 Å². The number of hydrogen-bond donors (Lipinski definition) is 0. The van der Waals surface area contributed by atoms with Gasteiger partial charge in [-0.3, -0.25) is 4.79 Å². The molecule has 0 radical (unpaired) electrons. The van der Waals surface area contributed by atoms with Crippen LogP contribution in [0.15, 0.2) is 29.2 Å². The van der Waals surface area contributed by atoms with E-state index in [1.165, 1.54) is 18.2 Å². The van der Waals surface area contributed by atoms with Crippen molar-refractivity contribution in [2.45, 2.75) is 4.90 Å². The van der Waals surface area contributed by atoms with E-state index in [0.29, 0.717) is 4.31 Å². The molecular weight excluding hydrogens is 278 g/mol. The highest BCUT2D eigenvalue weighted by atomic mass is 32.2. The summed E-state index contributed by atoms with van der Waals surface area (Å²) in [6.07, 6.45) is 0.993. The smallest absolute Gasteiger partial charge is 0.268 e. The Hall–Kier alpha value is -1.41. The summed E-state index contributed by atoms with van der Waals surface area (Å²) >= 11 is 0. The van der Waals surface area contributed by atoms with Crippen LogP contribution >= 0.6 is 0 Å². The maximum Gasteiger partial charge on any atom is 0.269 e. The largest absolute Gasteiger partial charge is 0.269 e. The molecule has 1 aliphatic heterocycles. The van der Waals surface area contributed by atoms with Gasteiger partial charge in [0.05, 0.1) is 17.9 Å². The summed E-state index contributed by atoms with van der Waals surface area (Å²) in [5.41, 5.74) is 0.0889. The van der Waals surface area contributed by atoms with Crippen molar-refractivity contribution in [1.82, 2.24) is 4.31 Å². The molecule has 0 atom stereocenters. The SMILES string of the molecule is CS(=O)(=O)CCN1C(=O)c2ccccc2S1(=O)=O. The Kier molecular flexibility index (Phi) is 2.94. The molecule has 1 aromatic carbocycles. The Labute approximate surface area is 105 Å².